The molecule has 7 heteroatoms. The highest BCUT2D eigenvalue weighted by Gasteiger charge is 2.38. The van der Waals surface area contributed by atoms with Crippen LogP contribution in [-0.2, 0) is 16.0 Å². The molecule has 22 heavy (non-hydrogen) atoms. The summed E-state index contributed by atoms with van der Waals surface area (Å²) in [5, 5.41) is 2.94. The molecule has 0 aliphatic carbocycles. The van der Waals surface area contributed by atoms with Gasteiger partial charge in [-0.2, -0.15) is 0 Å². The van der Waals surface area contributed by atoms with E-state index >= 15 is 0 Å². The number of carbonyl (C=O) groups is 1. The number of hydrogen-bond acceptors (Lipinski definition) is 3. The molecule has 1 amide bonds. The summed E-state index contributed by atoms with van der Waals surface area (Å²) in [5.41, 5.74) is 6.27. The molecule has 0 atom stereocenters. The van der Waals surface area contributed by atoms with Crippen molar-refractivity contribution in [3.63, 3.8) is 0 Å². The molecule has 0 radical (unpaired) electrons. The second kappa shape index (κ2) is 8.82. The summed E-state index contributed by atoms with van der Waals surface area (Å²) < 4.78 is 18.9. The molecule has 4 nitrogen and oxygen atoms in total. The predicted octanol–water partition coefficient (Wildman–Crippen LogP) is 2.42. The van der Waals surface area contributed by atoms with E-state index in [0.29, 0.717) is 50.0 Å². The van der Waals surface area contributed by atoms with Gasteiger partial charge in [0, 0.05) is 26.3 Å². The molecule has 0 saturated carbocycles. The van der Waals surface area contributed by atoms with Gasteiger partial charge in [0.15, 0.2) is 0 Å². The molecular weight excluding hydrogens is 375 g/mol. The van der Waals surface area contributed by atoms with Gasteiger partial charge >= 0.3 is 0 Å². The van der Waals surface area contributed by atoms with Gasteiger partial charge < -0.3 is 15.8 Å². The molecule has 0 bridgehead atoms. The second-order valence-electron chi connectivity index (χ2n) is 5.35. The van der Waals surface area contributed by atoms with Crippen molar-refractivity contribution in [1.82, 2.24) is 5.32 Å². The lowest BCUT2D eigenvalue weighted by molar-refractivity contribution is -0.135. The summed E-state index contributed by atoms with van der Waals surface area (Å²) in [6.45, 7) is 2.01. The number of ether oxygens (including phenoxy) is 1. The maximum atomic E-state index is 13.1. The standard InChI is InChI=1S/C15H20BrFN2O2.ClH/c16-12-9-11(1-2-13(12)17)3-6-19-14(20)15(10-18)4-7-21-8-5-15;/h1-2,9H,3-8,10,18H2,(H,19,20);1H. The summed E-state index contributed by atoms with van der Waals surface area (Å²) in [7, 11) is 0. The summed E-state index contributed by atoms with van der Waals surface area (Å²) in [6.07, 6.45) is 1.98. The van der Waals surface area contributed by atoms with Gasteiger partial charge in [0.25, 0.3) is 0 Å². The smallest absolute Gasteiger partial charge is 0.227 e. The molecule has 3 N–H and O–H groups in total. The average Bonchev–Trinajstić information content (AvgIpc) is 2.51. The minimum atomic E-state index is -0.498. The van der Waals surface area contributed by atoms with E-state index in [1.165, 1.54) is 6.07 Å². The van der Waals surface area contributed by atoms with Crippen LogP contribution in [0.15, 0.2) is 22.7 Å². The Morgan fingerprint density at radius 3 is 2.68 bits per heavy atom. The number of rotatable bonds is 5. The Morgan fingerprint density at radius 2 is 2.09 bits per heavy atom. The number of carbonyl (C=O) groups excluding carboxylic acids is 1. The molecule has 1 fully saturated rings. The fourth-order valence-electron chi connectivity index (χ4n) is 2.49. The molecule has 0 aromatic heterocycles. The van der Waals surface area contributed by atoms with Crippen LogP contribution in [0.5, 0.6) is 0 Å². The molecule has 1 aromatic carbocycles. The van der Waals surface area contributed by atoms with E-state index in [2.05, 4.69) is 21.2 Å². The minimum Gasteiger partial charge on any atom is -0.381 e. The molecule has 2 rings (SSSR count). The summed E-state index contributed by atoms with van der Waals surface area (Å²) in [6, 6.07) is 4.87. The first kappa shape index (κ1) is 19.4. The Bertz CT molecular complexity index is 510. The number of amides is 1. The van der Waals surface area contributed by atoms with Gasteiger partial charge in [-0.25, -0.2) is 4.39 Å². The second-order valence-corrected chi connectivity index (χ2v) is 6.21. The van der Waals surface area contributed by atoms with Crippen LogP contribution in [-0.4, -0.2) is 32.2 Å². The molecule has 1 saturated heterocycles. The van der Waals surface area contributed by atoms with Crippen LogP contribution in [0.25, 0.3) is 0 Å². The predicted molar refractivity (Wildman–Crippen MR) is 89.6 cm³/mol. The maximum Gasteiger partial charge on any atom is 0.227 e. The summed E-state index contributed by atoms with van der Waals surface area (Å²) in [5.74, 6) is -0.290. The maximum absolute atomic E-state index is 13.1. The normalized spacial score (nSPS) is 16.7. The number of nitrogens with one attached hydrogen (secondary N) is 1. The van der Waals surface area contributed by atoms with Crippen molar-refractivity contribution in [1.29, 1.82) is 0 Å². The van der Waals surface area contributed by atoms with Crippen molar-refractivity contribution in [2.24, 2.45) is 11.1 Å². The Labute approximate surface area is 144 Å². The molecule has 1 heterocycles. The van der Waals surface area contributed by atoms with E-state index in [-0.39, 0.29) is 24.1 Å². The number of halogens is 3. The van der Waals surface area contributed by atoms with Gasteiger partial charge in [-0.15, -0.1) is 12.4 Å². The van der Waals surface area contributed by atoms with Gasteiger partial charge in [-0.05, 0) is 52.9 Å². The van der Waals surface area contributed by atoms with Crippen LogP contribution < -0.4 is 11.1 Å². The number of benzene rings is 1. The van der Waals surface area contributed by atoms with Gasteiger partial charge in [-0.3, -0.25) is 4.79 Å². The first-order valence-electron chi connectivity index (χ1n) is 7.07. The van der Waals surface area contributed by atoms with Crippen LogP contribution >= 0.6 is 28.3 Å². The first-order chi connectivity index (χ1) is 10.1. The van der Waals surface area contributed by atoms with Crippen molar-refractivity contribution in [2.45, 2.75) is 19.3 Å². The van der Waals surface area contributed by atoms with Crippen molar-refractivity contribution in [2.75, 3.05) is 26.3 Å². The van der Waals surface area contributed by atoms with Crippen LogP contribution in [0, 0.1) is 11.2 Å². The van der Waals surface area contributed by atoms with Crippen molar-refractivity contribution >= 4 is 34.2 Å². The van der Waals surface area contributed by atoms with E-state index < -0.39 is 5.41 Å². The Hall–Kier alpha value is -0.690. The highest BCUT2D eigenvalue weighted by molar-refractivity contribution is 9.10. The third-order valence-electron chi connectivity index (χ3n) is 4.01. The lowest BCUT2D eigenvalue weighted by atomic mass is 9.79. The van der Waals surface area contributed by atoms with E-state index in [1.807, 2.05) is 0 Å². The molecule has 124 valence electrons. The Kier molecular flexibility index (Phi) is 7.76. The molecular formula is C15H21BrClFN2O2. The van der Waals surface area contributed by atoms with Crippen molar-refractivity contribution in [3.8, 4) is 0 Å². The zero-order valence-corrected chi connectivity index (χ0v) is 14.6. The van der Waals surface area contributed by atoms with Crippen LogP contribution in [0.1, 0.15) is 18.4 Å². The third kappa shape index (κ3) is 4.65. The zero-order valence-electron chi connectivity index (χ0n) is 12.2. The Balaban J connectivity index is 0.00000242. The van der Waals surface area contributed by atoms with Gasteiger partial charge in [0.2, 0.25) is 5.91 Å². The van der Waals surface area contributed by atoms with Crippen LogP contribution in [0.4, 0.5) is 4.39 Å². The molecule has 1 aliphatic heterocycles. The highest BCUT2D eigenvalue weighted by atomic mass is 79.9. The largest absolute Gasteiger partial charge is 0.381 e. The molecule has 0 unspecified atom stereocenters. The SMILES string of the molecule is Cl.NCC1(C(=O)NCCc2ccc(F)c(Br)c2)CCOCC1. The van der Waals surface area contributed by atoms with Crippen molar-refractivity contribution in [3.05, 3.63) is 34.1 Å². The minimum absolute atomic E-state index is 0. The van der Waals surface area contributed by atoms with Gasteiger partial charge in [-0.1, -0.05) is 6.07 Å². The third-order valence-corrected chi connectivity index (χ3v) is 4.61. The van der Waals surface area contributed by atoms with Gasteiger partial charge in [0.05, 0.1) is 9.89 Å². The van der Waals surface area contributed by atoms with Crippen LogP contribution in [0.2, 0.25) is 0 Å². The number of hydrogen-bond donors (Lipinski definition) is 2. The van der Waals surface area contributed by atoms with E-state index in [9.17, 15) is 9.18 Å². The number of nitrogens with two attached hydrogens (primary N) is 1. The summed E-state index contributed by atoms with van der Waals surface area (Å²) in [4.78, 5) is 12.3. The van der Waals surface area contributed by atoms with E-state index in [1.54, 1.807) is 12.1 Å². The highest BCUT2D eigenvalue weighted by Crippen LogP contribution is 2.29. The lowest BCUT2D eigenvalue weighted by Crippen LogP contribution is -2.49. The van der Waals surface area contributed by atoms with Gasteiger partial charge in [0.1, 0.15) is 5.82 Å². The summed E-state index contributed by atoms with van der Waals surface area (Å²) >= 11 is 3.16. The average molecular weight is 396 g/mol. The topological polar surface area (TPSA) is 64.4 Å². The molecule has 1 aliphatic rings. The van der Waals surface area contributed by atoms with Crippen molar-refractivity contribution < 1.29 is 13.9 Å². The lowest BCUT2D eigenvalue weighted by Gasteiger charge is -2.34. The zero-order chi connectivity index (χ0) is 15.3. The molecule has 0 spiro atoms. The van der Waals surface area contributed by atoms with E-state index in [0.717, 1.165) is 5.56 Å². The molecule has 1 aromatic rings. The fraction of sp³-hybridized carbons (Fsp3) is 0.533. The monoisotopic (exact) mass is 394 g/mol. The fourth-order valence-corrected chi connectivity index (χ4v) is 2.92. The Morgan fingerprint density at radius 1 is 1.41 bits per heavy atom. The van der Waals surface area contributed by atoms with E-state index in [4.69, 9.17) is 10.5 Å². The van der Waals surface area contributed by atoms with Crippen LogP contribution in [0.3, 0.4) is 0 Å². The first-order valence-corrected chi connectivity index (χ1v) is 7.87. The quantitative estimate of drug-likeness (QED) is 0.805.